The first-order valence-electron chi connectivity index (χ1n) is 13.2. The van der Waals surface area contributed by atoms with Crippen molar-refractivity contribution in [1.29, 1.82) is 0 Å². The minimum absolute atomic E-state index is 0.00852. The number of non-ortho nitro benzene ring substituents is 1. The Morgan fingerprint density at radius 3 is 2.49 bits per heavy atom. The monoisotopic (exact) mass is 539 g/mol. The van der Waals surface area contributed by atoms with Crippen molar-refractivity contribution in [2.24, 2.45) is 0 Å². The van der Waals surface area contributed by atoms with Crippen LogP contribution in [-0.2, 0) is 16.0 Å². The third-order valence-corrected chi connectivity index (χ3v) is 6.41. The van der Waals surface area contributed by atoms with Gasteiger partial charge in [-0.3, -0.25) is 15.0 Å². The van der Waals surface area contributed by atoms with Crippen molar-refractivity contribution in [3.05, 3.63) is 58.3 Å². The Labute approximate surface area is 228 Å². The molecule has 0 spiro atoms. The van der Waals surface area contributed by atoms with Crippen LogP contribution in [0.4, 0.5) is 10.5 Å². The highest BCUT2D eigenvalue weighted by atomic mass is 16.6. The van der Waals surface area contributed by atoms with Crippen molar-refractivity contribution in [3.63, 3.8) is 0 Å². The summed E-state index contributed by atoms with van der Waals surface area (Å²) in [6, 6.07) is 11.8. The van der Waals surface area contributed by atoms with E-state index >= 15 is 0 Å². The van der Waals surface area contributed by atoms with E-state index in [0.29, 0.717) is 37.7 Å². The number of benzene rings is 2. The number of hydrogen-bond donors (Lipinski definition) is 0. The smallest absolute Gasteiger partial charge is 0.410 e. The molecule has 1 saturated heterocycles. The van der Waals surface area contributed by atoms with Crippen LogP contribution in [0.3, 0.4) is 0 Å². The van der Waals surface area contributed by atoms with Gasteiger partial charge in [0.2, 0.25) is 0 Å². The number of ether oxygens (including phenoxy) is 3. The second-order valence-corrected chi connectivity index (χ2v) is 10.9. The van der Waals surface area contributed by atoms with Crippen LogP contribution >= 0.6 is 0 Å². The lowest BCUT2D eigenvalue weighted by Crippen LogP contribution is -2.38. The van der Waals surface area contributed by atoms with Gasteiger partial charge in [0.25, 0.3) is 5.69 Å². The van der Waals surface area contributed by atoms with Gasteiger partial charge < -0.3 is 19.1 Å². The first kappa shape index (κ1) is 28.3. The normalized spacial score (nSPS) is 15.9. The molecule has 4 rings (SSSR count). The Balaban J connectivity index is 1.53. The second kappa shape index (κ2) is 12.0. The van der Waals surface area contributed by atoms with Gasteiger partial charge in [0.15, 0.2) is 6.23 Å². The van der Waals surface area contributed by atoms with E-state index in [1.54, 1.807) is 24.1 Å². The fourth-order valence-electron chi connectivity index (χ4n) is 4.36. The zero-order valence-electron chi connectivity index (χ0n) is 23.3. The first-order chi connectivity index (χ1) is 18.5. The quantitative estimate of drug-likeness (QED) is 0.250. The molecule has 0 aliphatic carbocycles. The molecule has 0 radical (unpaired) electrons. The molecule has 1 aliphatic rings. The summed E-state index contributed by atoms with van der Waals surface area (Å²) in [5.41, 5.74) is 1.29. The fourth-order valence-corrected chi connectivity index (χ4v) is 4.36. The van der Waals surface area contributed by atoms with E-state index in [9.17, 15) is 14.9 Å². The highest BCUT2D eigenvalue weighted by Crippen LogP contribution is 2.32. The van der Waals surface area contributed by atoms with Gasteiger partial charge >= 0.3 is 6.09 Å². The summed E-state index contributed by atoms with van der Waals surface area (Å²) in [4.78, 5) is 26.5. The molecule has 2 aromatic carbocycles. The number of nitrogens with zero attached hydrogens (tertiary/aromatic N) is 5. The highest BCUT2D eigenvalue weighted by Gasteiger charge is 2.23. The summed E-state index contributed by atoms with van der Waals surface area (Å²) in [7, 11) is 3.72. The van der Waals surface area contributed by atoms with E-state index in [1.165, 1.54) is 12.1 Å². The van der Waals surface area contributed by atoms with Gasteiger partial charge in [-0.25, -0.2) is 9.48 Å². The molecule has 0 bridgehead atoms. The average molecular weight is 540 g/mol. The molecule has 11 nitrogen and oxygen atoms in total. The predicted octanol–water partition coefficient (Wildman–Crippen LogP) is 5.73. The molecule has 11 heteroatoms. The zero-order valence-corrected chi connectivity index (χ0v) is 23.3. The van der Waals surface area contributed by atoms with Crippen LogP contribution < -0.4 is 4.74 Å². The number of nitro benzene ring substituents is 1. The number of fused-ring (bicyclic) bond motifs is 1. The van der Waals surface area contributed by atoms with Crippen molar-refractivity contribution in [2.45, 2.75) is 58.4 Å². The fraction of sp³-hybridized carbons (Fsp3) is 0.500. The van der Waals surface area contributed by atoms with Crippen LogP contribution in [0, 0.1) is 10.1 Å². The Hall–Kier alpha value is -3.70. The van der Waals surface area contributed by atoms with Crippen LogP contribution in [0.15, 0.2) is 42.5 Å². The van der Waals surface area contributed by atoms with E-state index in [1.807, 2.05) is 50.7 Å². The molecular weight excluding hydrogens is 502 g/mol. The summed E-state index contributed by atoms with van der Waals surface area (Å²) >= 11 is 0. The highest BCUT2D eigenvalue weighted by molar-refractivity contribution is 5.83. The van der Waals surface area contributed by atoms with E-state index in [-0.39, 0.29) is 18.0 Å². The minimum atomic E-state index is -0.543. The molecule has 210 valence electrons. The molecule has 1 atom stereocenters. The van der Waals surface area contributed by atoms with Crippen LogP contribution in [0.5, 0.6) is 11.5 Å². The van der Waals surface area contributed by atoms with Crippen molar-refractivity contribution < 1.29 is 23.9 Å². The summed E-state index contributed by atoms with van der Waals surface area (Å²) in [5, 5.41) is 16.9. The van der Waals surface area contributed by atoms with Crippen LogP contribution in [0.1, 0.15) is 52.0 Å². The number of amides is 1. The standard InChI is InChI=1S/C28H37N5O6/c1-28(2,3)39-27(34)31(5)16-15-30(4)19-24-23-18-22(38-21-11-9-20(10-12-21)33(35)36)13-14-25(23)32(29-24)26-8-6-7-17-37-26/h9-14,18,26H,6-8,15-17,19H2,1-5H3. The lowest BCUT2D eigenvalue weighted by Gasteiger charge is -2.26. The molecule has 1 unspecified atom stereocenters. The topological polar surface area (TPSA) is 112 Å². The number of rotatable bonds is 9. The second-order valence-electron chi connectivity index (χ2n) is 10.9. The number of carbonyl (C=O) groups is 1. The maximum absolute atomic E-state index is 12.3. The van der Waals surface area contributed by atoms with E-state index in [4.69, 9.17) is 19.3 Å². The molecule has 0 N–H and O–H groups in total. The summed E-state index contributed by atoms with van der Waals surface area (Å²) < 4.78 is 19.5. The number of aromatic nitrogens is 2. The first-order valence-corrected chi connectivity index (χ1v) is 13.2. The average Bonchev–Trinajstić information content (AvgIpc) is 3.24. The third-order valence-electron chi connectivity index (χ3n) is 6.41. The zero-order chi connectivity index (χ0) is 28.2. The van der Waals surface area contributed by atoms with E-state index < -0.39 is 10.5 Å². The summed E-state index contributed by atoms with van der Waals surface area (Å²) in [6.45, 7) is 7.94. The molecule has 1 fully saturated rings. The number of likely N-dealkylation sites (N-methyl/N-ethyl adjacent to an activating group) is 2. The SMILES string of the molecule is CN(CCN(C)C(=O)OC(C)(C)C)Cc1nn(C2CCCCO2)c2ccc(Oc3ccc([N+](=O)[O-])cc3)cc12. The molecular formula is C28H37N5O6. The molecule has 1 aromatic heterocycles. The Morgan fingerprint density at radius 2 is 1.85 bits per heavy atom. The maximum Gasteiger partial charge on any atom is 0.410 e. The maximum atomic E-state index is 12.3. The molecule has 2 heterocycles. The van der Waals surface area contributed by atoms with Gasteiger partial charge in [0.05, 0.1) is 16.1 Å². The van der Waals surface area contributed by atoms with Crippen LogP contribution in [0.2, 0.25) is 0 Å². The molecule has 0 saturated carbocycles. The number of nitro groups is 1. The summed E-state index contributed by atoms with van der Waals surface area (Å²) in [6.07, 6.45) is 2.55. The lowest BCUT2D eigenvalue weighted by molar-refractivity contribution is -0.384. The van der Waals surface area contributed by atoms with Crippen LogP contribution in [0.25, 0.3) is 10.9 Å². The third kappa shape index (κ3) is 7.45. The molecule has 1 aliphatic heterocycles. The number of carbonyl (C=O) groups excluding carboxylic acids is 1. The summed E-state index contributed by atoms with van der Waals surface area (Å²) in [5.74, 6) is 1.11. The lowest BCUT2D eigenvalue weighted by atomic mass is 10.1. The molecule has 3 aromatic rings. The van der Waals surface area contributed by atoms with Crippen molar-refractivity contribution >= 4 is 22.7 Å². The van der Waals surface area contributed by atoms with Gasteiger partial charge in [0.1, 0.15) is 17.1 Å². The van der Waals surface area contributed by atoms with Gasteiger partial charge in [-0.05, 0) is 77.4 Å². The van der Waals surface area contributed by atoms with Crippen molar-refractivity contribution in [3.8, 4) is 11.5 Å². The minimum Gasteiger partial charge on any atom is -0.457 e. The number of hydrogen-bond acceptors (Lipinski definition) is 8. The van der Waals surface area contributed by atoms with Crippen molar-refractivity contribution in [2.75, 3.05) is 33.8 Å². The predicted molar refractivity (Wildman–Crippen MR) is 147 cm³/mol. The van der Waals surface area contributed by atoms with Crippen molar-refractivity contribution in [1.82, 2.24) is 19.6 Å². The Kier molecular flexibility index (Phi) is 8.71. The van der Waals surface area contributed by atoms with Gasteiger partial charge in [-0.15, -0.1) is 0 Å². The van der Waals surface area contributed by atoms with Gasteiger partial charge in [-0.2, -0.15) is 5.10 Å². The molecule has 1 amide bonds. The Bertz CT molecular complexity index is 1290. The van der Waals surface area contributed by atoms with Gasteiger partial charge in [0, 0.05) is 50.8 Å². The van der Waals surface area contributed by atoms with Gasteiger partial charge in [-0.1, -0.05) is 0 Å². The van der Waals surface area contributed by atoms with Crippen LogP contribution in [-0.4, -0.2) is 70.0 Å². The Morgan fingerprint density at radius 1 is 1.13 bits per heavy atom. The molecule has 39 heavy (non-hydrogen) atoms. The van der Waals surface area contributed by atoms with E-state index in [0.717, 1.165) is 35.9 Å². The largest absolute Gasteiger partial charge is 0.457 e. The van der Waals surface area contributed by atoms with E-state index in [2.05, 4.69) is 4.90 Å².